The smallest absolute Gasteiger partial charge is 0.255 e. The summed E-state index contributed by atoms with van der Waals surface area (Å²) in [5, 5.41) is 3.01. The molecule has 5 heteroatoms. The van der Waals surface area contributed by atoms with Crippen LogP contribution in [0, 0.1) is 5.92 Å². The second-order valence-electron chi connectivity index (χ2n) is 4.92. The molecule has 0 aliphatic carbocycles. The SMILES string of the molecule is CCOc1c(N)cccc1C(=O)NCC1CCSCC1. The minimum atomic E-state index is -0.0982. The first-order valence-corrected chi connectivity index (χ1v) is 8.25. The molecule has 1 aliphatic rings. The van der Waals surface area contributed by atoms with Crippen molar-refractivity contribution in [2.45, 2.75) is 19.8 Å². The summed E-state index contributed by atoms with van der Waals surface area (Å²) >= 11 is 1.99. The Morgan fingerprint density at radius 3 is 2.90 bits per heavy atom. The number of hydrogen-bond donors (Lipinski definition) is 2. The molecule has 0 unspecified atom stereocenters. The van der Waals surface area contributed by atoms with E-state index in [2.05, 4.69) is 5.32 Å². The van der Waals surface area contributed by atoms with Crippen LogP contribution in [0.5, 0.6) is 5.75 Å². The standard InChI is InChI=1S/C15H22N2O2S/c1-2-19-14-12(4-3-5-13(14)16)15(18)17-10-11-6-8-20-9-7-11/h3-5,11H,2,6-10,16H2,1H3,(H,17,18). The van der Waals surface area contributed by atoms with E-state index in [1.165, 1.54) is 24.3 Å². The Hall–Kier alpha value is -1.36. The van der Waals surface area contributed by atoms with Crippen molar-refractivity contribution in [2.24, 2.45) is 5.92 Å². The number of nitrogens with one attached hydrogen (secondary N) is 1. The highest BCUT2D eigenvalue weighted by Crippen LogP contribution is 2.27. The Kier molecular flexibility index (Phi) is 5.59. The van der Waals surface area contributed by atoms with Crippen molar-refractivity contribution in [1.82, 2.24) is 5.32 Å². The lowest BCUT2D eigenvalue weighted by molar-refractivity contribution is 0.0942. The van der Waals surface area contributed by atoms with Crippen molar-refractivity contribution >= 4 is 23.4 Å². The number of nitrogens with two attached hydrogens (primary N) is 1. The molecule has 0 atom stereocenters. The minimum Gasteiger partial charge on any atom is -0.491 e. The monoisotopic (exact) mass is 294 g/mol. The van der Waals surface area contributed by atoms with Crippen LogP contribution in [0.4, 0.5) is 5.69 Å². The molecule has 2 rings (SSSR count). The molecule has 20 heavy (non-hydrogen) atoms. The summed E-state index contributed by atoms with van der Waals surface area (Å²) in [6.07, 6.45) is 2.36. The van der Waals surface area contributed by atoms with Crippen molar-refractivity contribution in [2.75, 3.05) is 30.4 Å². The van der Waals surface area contributed by atoms with E-state index in [0.29, 0.717) is 29.5 Å². The van der Waals surface area contributed by atoms with Crippen molar-refractivity contribution in [3.63, 3.8) is 0 Å². The summed E-state index contributed by atoms with van der Waals surface area (Å²) in [6, 6.07) is 5.29. The number of benzene rings is 1. The maximum atomic E-state index is 12.3. The maximum Gasteiger partial charge on any atom is 0.255 e. The fraction of sp³-hybridized carbons (Fsp3) is 0.533. The summed E-state index contributed by atoms with van der Waals surface area (Å²) < 4.78 is 5.49. The zero-order valence-corrected chi connectivity index (χ0v) is 12.7. The fourth-order valence-electron chi connectivity index (χ4n) is 2.32. The number of para-hydroxylation sites is 1. The van der Waals surface area contributed by atoms with Gasteiger partial charge in [-0.2, -0.15) is 11.8 Å². The van der Waals surface area contributed by atoms with Gasteiger partial charge >= 0.3 is 0 Å². The number of anilines is 1. The number of carbonyl (C=O) groups excluding carboxylic acids is 1. The summed E-state index contributed by atoms with van der Waals surface area (Å²) in [5.41, 5.74) is 6.91. The molecule has 0 bridgehead atoms. The zero-order chi connectivity index (χ0) is 14.4. The largest absolute Gasteiger partial charge is 0.491 e. The van der Waals surface area contributed by atoms with Crippen molar-refractivity contribution in [3.05, 3.63) is 23.8 Å². The van der Waals surface area contributed by atoms with Crippen molar-refractivity contribution < 1.29 is 9.53 Å². The van der Waals surface area contributed by atoms with Gasteiger partial charge in [0.05, 0.1) is 17.9 Å². The third kappa shape index (κ3) is 3.82. The normalized spacial score (nSPS) is 15.8. The summed E-state index contributed by atoms with van der Waals surface area (Å²) in [5.74, 6) is 3.38. The Balaban J connectivity index is 1.99. The van der Waals surface area contributed by atoms with Crippen LogP contribution in [0.1, 0.15) is 30.1 Å². The third-order valence-corrected chi connectivity index (χ3v) is 4.52. The lowest BCUT2D eigenvalue weighted by Crippen LogP contribution is -2.31. The molecule has 0 saturated carbocycles. The molecule has 1 aromatic rings. The molecule has 0 radical (unpaired) electrons. The van der Waals surface area contributed by atoms with E-state index in [1.54, 1.807) is 18.2 Å². The highest BCUT2D eigenvalue weighted by molar-refractivity contribution is 7.99. The first-order chi connectivity index (χ1) is 9.72. The van der Waals surface area contributed by atoms with Gasteiger partial charge in [0.25, 0.3) is 5.91 Å². The van der Waals surface area contributed by atoms with Crippen LogP contribution >= 0.6 is 11.8 Å². The van der Waals surface area contributed by atoms with Gasteiger partial charge in [0.15, 0.2) is 5.75 Å². The molecule has 4 nitrogen and oxygen atoms in total. The predicted octanol–water partition coefficient (Wildman–Crippen LogP) is 2.54. The molecule has 0 spiro atoms. The zero-order valence-electron chi connectivity index (χ0n) is 11.9. The minimum absolute atomic E-state index is 0.0982. The van der Waals surface area contributed by atoms with Crippen LogP contribution in [0.15, 0.2) is 18.2 Å². The first kappa shape index (κ1) is 15.0. The molecular formula is C15H22N2O2S. The Morgan fingerprint density at radius 2 is 2.20 bits per heavy atom. The van der Waals surface area contributed by atoms with E-state index < -0.39 is 0 Å². The van der Waals surface area contributed by atoms with Gasteiger partial charge in [-0.25, -0.2) is 0 Å². The summed E-state index contributed by atoms with van der Waals surface area (Å²) in [6.45, 7) is 3.11. The molecular weight excluding hydrogens is 272 g/mol. The maximum absolute atomic E-state index is 12.3. The van der Waals surface area contributed by atoms with Crippen LogP contribution in [0.25, 0.3) is 0 Å². The molecule has 1 heterocycles. The number of thioether (sulfide) groups is 1. The molecule has 1 aromatic carbocycles. The van der Waals surface area contributed by atoms with Gasteiger partial charge in [-0.1, -0.05) is 6.07 Å². The van der Waals surface area contributed by atoms with E-state index in [4.69, 9.17) is 10.5 Å². The summed E-state index contributed by atoms with van der Waals surface area (Å²) in [4.78, 5) is 12.3. The van der Waals surface area contributed by atoms with Gasteiger partial charge < -0.3 is 15.8 Å². The average Bonchev–Trinajstić information content (AvgIpc) is 2.48. The third-order valence-electron chi connectivity index (χ3n) is 3.47. The molecule has 1 saturated heterocycles. The van der Waals surface area contributed by atoms with Crippen molar-refractivity contribution in [1.29, 1.82) is 0 Å². The molecule has 0 aromatic heterocycles. The van der Waals surface area contributed by atoms with Gasteiger partial charge in [-0.15, -0.1) is 0 Å². The van der Waals surface area contributed by atoms with Gasteiger partial charge in [0.1, 0.15) is 0 Å². The quantitative estimate of drug-likeness (QED) is 0.819. The van der Waals surface area contributed by atoms with E-state index in [0.717, 1.165) is 6.54 Å². The topological polar surface area (TPSA) is 64.3 Å². The van der Waals surface area contributed by atoms with Crippen LogP contribution in [-0.2, 0) is 0 Å². The van der Waals surface area contributed by atoms with Crippen LogP contribution in [-0.4, -0.2) is 30.6 Å². The predicted molar refractivity (Wildman–Crippen MR) is 84.4 cm³/mol. The van der Waals surface area contributed by atoms with E-state index in [-0.39, 0.29) is 5.91 Å². The van der Waals surface area contributed by atoms with Gasteiger partial charge in [0, 0.05) is 6.54 Å². The highest BCUT2D eigenvalue weighted by Gasteiger charge is 2.18. The molecule has 3 N–H and O–H groups in total. The van der Waals surface area contributed by atoms with Crippen LogP contribution in [0.3, 0.4) is 0 Å². The summed E-state index contributed by atoms with van der Waals surface area (Å²) in [7, 11) is 0. The van der Waals surface area contributed by atoms with Crippen LogP contribution < -0.4 is 15.8 Å². The van der Waals surface area contributed by atoms with Gasteiger partial charge in [-0.05, 0) is 49.3 Å². The molecule has 1 aliphatic heterocycles. The van der Waals surface area contributed by atoms with E-state index in [1.807, 2.05) is 18.7 Å². The number of carbonyl (C=O) groups is 1. The lowest BCUT2D eigenvalue weighted by Gasteiger charge is -2.21. The van der Waals surface area contributed by atoms with Gasteiger partial charge in [0.2, 0.25) is 0 Å². The fourth-order valence-corrected chi connectivity index (χ4v) is 3.53. The van der Waals surface area contributed by atoms with Gasteiger partial charge in [-0.3, -0.25) is 4.79 Å². The molecule has 110 valence electrons. The Bertz CT molecular complexity index is 459. The average molecular weight is 294 g/mol. The molecule has 1 amide bonds. The second kappa shape index (κ2) is 7.43. The number of amides is 1. The number of ether oxygens (including phenoxy) is 1. The van der Waals surface area contributed by atoms with E-state index >= 15 is 0 Å². The highest BCUT2D eigenvalue weighted by atomic mass is 32.2. The lowest BCUT2D eigenvalue weighted by atomic mass is 10.0. The first-order valence-electron chi connectivity index (χ1n) is 7.09. The Morgan fingerprint density at radius 1 is 1.45 bits per heavy atom. The Labute approximate surface area is 124 Å². The van der Waals surface area contributed by atoms with Crippen molar-refractivity contribution in [3.8, 4) is 5.75 Å². The molecule has 1 fully saturated rings. The van der Waals surface area contributed by atoms with E-state index in [9.17, 15) is 4.79 Å². The number of nitrogen functional groups attached to an aromatic ring is 1. The number of hydrogen-bond acceptors (Lipinski definition) is 4. The number of rotatable bonds is 5. The second-order valence-corrected chi connectivity index (χ2v) is 6.15. The van der Waals surface area contributed by atoms with Crippen LogP contribution in [0.2, 0.25) is 0 Å².